The molecule has 0 unspecified atom stereocenters. The summed E-state index contributed by atoms with van der Waals surface area (Å²) in [6.07, 6.45) is -0.0409. The van der Waals surface area contributed by atoms with E-state index in [1.54, 1.807) is 36.4 Å². The van der Waals surface area contributed by atoms with Crippen LogP contribution in [0.4, 0.5) is 5.69 Å². The number of ether oxygens (including phenoxy) is 1. The number of aromatic amines is 1. The van der Waals surface area contributed by atoms with E-state index in [4.69, 9.17) is 33.0 Å². The van der Waals surface area contributed by atoms with Gasteiger partial charge in [0.25, 0.3) is 5.56 Å². The summed E-state index contributed by atoms with van der Waals surface area (Å²) in [6.45, 7) is 0.230. The molecule has 7 nitrogen and oxygen atoms in total. The van der Waals surface area contributed by atoms with Gasteiger partial charge in [-0.3, -0.25) is 9.59 Å². The number of rotatable bonds is 6. The van der Waals surface area contributed by atoms with Crippen molar-refractivity contribution in [2.75, 3.05) is 11.9 Å². The number of aliphatic carboxylic acids is 1. The molecule has 0 spiro atoms. The first-order valence-corrected chi connectivity index (χ1v) is 8.31. The molecule has 1 aromatic heterocycles. The maximum absolute atomic E-state index is 11.8. The van der Waals surface area contributed by atoms with E-state index >= 15 is 0 Å². The molecule has 9 heteroatoms. The number of anilines is 1. The van der Waals surface area contributed by atoms with E-state index in [0.717, 1.165) is 0 Å². The van der Waals surface area contributed by atoms with Gasteiger partial charge >= 0.3 is 5.97 Å². The quantitative estimate of drug-likeness (QED) is 0.586. The number of nitrogens with one attached hydrogen (secondary N) is 2. The van der Waals surface area contributed by atoms with Crippen molar-refractivity contribution in [1.29, 1.82) is 0 Å². The molecular weight excluding hydrogens is 381 g/mol. The zero-order valence-electron chi connectivity index (χ0n) is 13.3. The Morgan fingerprint density at radius 1 is 1.19 bits per heavy atom. The third-order valence-electron chi connectivity index (χ3n) is 3.53. The number of benzene rings is 2. The van der Waals surface area contributed by atoms with E-state index in [1.165, 1.54) is 0 Å². The largest absolute Gasteiger partial charge is 0.481 e. The molecule has 0 radical (unpaired) electrons. The van der Waals surface area contributed by atoms with Crippen molar-refractivity contribution in [3.63, 3.8) is 0 Å². The summed E-state index contributed by atoms with van der Waals surface area (Å²) in [7, 11) is 0. The third-order valence-corrected chi connectivity index (χ3v) is 4.09. The molecular formula is C17H13Cl2N3O4. The summed E-state index contributed by atoms with van der Waals surface area (Å²) >= 11 is 12.5. The average Bonchev–Trinajstić information content (AvgIpc) is 2.60. The van der Waals surface area contributed by atoms with Crippen LogP contribution in [0.25, 0.3) is 10.8 Å². The van der Waals surface area contributed by atoms with Gasteiger partial charge in [-0.2, -0.15) is 0 Å². The first kappa shape index (κ1) is 18.0. The van der Waals surface area contributed by atoms with Gasteiger partial charge in [-0.25, -0.2) is 5.10 Å². The Hall–Kier alpha value is -2.77. The van der Waals surface area contributed by atoms with Crippen LogP contribution in [0.2, 0.25) is 10.0 Å². The summed E-state index contributed by atoms with van der Waals surface area (Å²) in [5, 5.41) is 19.3. The highest BCUT2D eigenvalue weighted by Crippen LogP contribution is 2.39. The minimum atomic E-state index is -0.911. The van der Waals surface area contributed by atoms with Gasteiger partial charge in [0.15, 0.2) is 5.75 Å². The minimum Gasteiger partial charge on any atom is -0.481 e. The molecule has 0 aliphatic carbocycles. The number of nitrogens with zero attached hydrogens (tertiary/aromatic N) is 1. The van der Waals surface area contributed by atoms with Crippen molar-refractivity contribution >= 4 is 45.6 Å². The van der Waals surface area contributed by atoms with Crippen molar-refractivity contribution in [3.05, 3.63) is 56.8 Å². The molecule has 0 fully saturated rings. The maximum atomic E-state index is 11.8. The number of carboxylic acid groups (broad SMARTS) is 1. The second kappa shape index (κ2) is 7.63. The third kappa shape index (κ3) is 3.89. The van der Waals surface area contributed by atoms with E-state index in [2.05, 4.69) is 15.5 Å². The highest BCUT2D eigenvalue weighted by atomic mass is 35.5. The van der Waals surface area contributed by atoms with Crippen LogP contribution >= 0.6 is 23.2 Å². The van der Waals surface area contributed by atoms with Crippen LogP contribution in [0, 0.1) is 0 Å². The summed E-state index contributed by atoms with van der Waals surface area (Å²) in [4.78, 5) is 22.4. The number of carboxylic acids is 1. The van der Waals surface area contributed by atoms with Crippen LogP contribution in [0.3, 0.4) is 0 Å². The van der Waals surface area contributed by atoms with Gasteiger partial charge in [0.05, 0.1) is 27.2 Å². The molecule has 2 aromatic carbocycles. The lowest BCUT2D eigenvalue weighted by atomic mass is 10.2. The molecule has 0 aliphatic heterocycles. The number of aromatic nitrogens is 2. The van der Waals surface area contributed by atoms with Crippen LogP contribution in [-0.4, -0.2) is 27.8 Å². The van der Waals surface area contributed by atoms with Crippen molar-refractivity contribution in [2.24, 2.45) is 0 Å². The van der Waals surface area contributed by atoms with Crippen LogP contribution in [0.1, 0.15) is 6.42 Å². The Morgan fingerprint density at radius 3 is 2.50 bits per heavy atom. The fraction of sp³-hybridized carbons (Fsp3) is 0.118. The average molecular weight is 394 g/mol. The van der Waals surface area contributed by atoms with Gasteiger partial charge < -0.3 is 15.2 Å². The molecule has 0 bridgehead atoms. The number of H-pyrrole nitrogens is 1. The minimum absolute atomic E-state index is 0.0409. The molecule has 0 saturated carbocycles. The second-order valence-corrected chi connectivity index (χ2v) is 6.16. The number of hydrogen-bond donors (Lipinski definition) is 3. The summed E-state index contributed by atoms with van der Waals surface area (Å²) in [5.41, 5.74) is 0.232. The summed E-state index contributed by atoms with van der Waals surface area (Å²) in [6, 6.07) is 9.99. The molecule has 134 valence electrons. The van der Waals surface area contributed by atoms with E-state index in [-0.39, 0.29) is 40.2 Å². The van der Waals surface area contributed by atoms with Gasteiger partial charge in [0.1, 0.15) is 0 Å². The van der Waals surface area contributed by atoms with Crippen LogP contribution < -0.4 is 15.6 Å². The normalized spacial score (nSPS) is 10.7. The van der Waals surface area contributed by atoms with Crippen molar-refractivity contribution in [1.82, 2.24) is 10.2 Å². The topological polar surface area (TPSA) is 104 Å². The molecule has 3 aromatic rings. The van der Waals surface area contributed by atoms with Gasteiger partial charge in [0, 0.05) is 12.2 Å². The predicted octanol–water partition coefficient (Wildman–Crippen LogP) is 3.91. The van der Waals surface area contributed by atoms with Crippen LogP contribution in [0.5, 0.6) is 11.6 Å². The molecule has 0 saturated heterocycles. The zero-order valence-corrected chi connectivity index (χ0v) is 14.8. The standard InChI is InChI=1S/C17H13Cl2N3O4/c18-12-7-9(20-6-5-14(23)24)8-13(19)15(12)26-17-11-4-2-1-3-10(11)16(25)21-22-17/h1-4,7-8,20H,5-6H2,(H,21,25)(H,23,24). The van der Waals surface area contributed by atoms with Crippen molar-refractivity contribution < 1.29 is 14.6 Å². The lowest BCUT2D eigenvalue weighted by Crippen LogP contribution is -2.09. The van der Waals surface area contributed by atoms with E-state index in [0.29, 0.717) is 16.5 Å². The summed E-state index contributed by atoms with van der Waals surface area (Å²) in [5.74, 6) is -0.567. The number of halogens is 2. The molecule has 3 rings (SSSR count). The van der Waals surface area contributed by atoms with E-state index < -0.39 is 5.97 Å². The smallest absolute Gasteiger partial charge is 0.305 e. The molecule has 0 atom stereocenters. The Labute approximate surface area is 157 Å². The molecule has 26 heavy (non-hydrogen) atoms. The molecule has 3 N–H and O–H groups in total. The number of fused-ring (bicyclic) bond motifs is 1. The fourth-order valence-electron chi connectivity index (χ4n) is 2.34. The number of carbonyl (C=O) groups is 1. The Bertz CT molecular complexity index is 1010. The Balaban J connectivity index is 1.90. The first-order chi connectivity index (χ1) is 12.5. The molecule has 0 aliphatic rings. The van der Waals surface area contributed by atoms with Crippen LogP contribution in [-0.2, 0) is 4.79 Å². The van der Waals surface area contributed by atoms with E-state index in [1.807, 2.05) is 0 Å². The Kier molecular flexibility index (Phi) is 5.29. The Morgan fingerprint density at radius 2 is 1.85 bits per heavy atom. The van der Waals surface area contributed by atoms with Gasteiger partial charge in [-0.1, -0.05) is 35.3 Å². The van der Waals surface area contributed by atoms with Gasteiger partial charge in [-0.05, 0) is 24.3 Å². The van der Waals surface area contributed by atoms with Crippen molar-refractivity contribution in [3.8, 4) is 11.6 Å². The molecule has 1 heterocycles. The highest BCUT2D eigenvalue weighted by Gasteiger charge is 2.14. The SMILES string of the molecule is O=C(O)CCNc1cc(Cl)c(Oc2n[nH]c(=O)c3ccccc23)c(Cl)c1. The fourth-order valence-corrected chi connectivity index (χ4v) is 2.90. The summed E-state index contributed by atoms with van der Waals surface area (Å²) < 4.78 is 5.74. The van der Waals surface area contributed by atoms with E-state index in [9.17, 15) is 9.59 Å². The monoisotopic (exact) mass is 393 g/mol. The zero-order chi connectivity index (χ0) is 18.7. The predicted molar refractivity (Wildman–Crippen MR) is 99.6 cm³/mol. The number of hydrogen-bond acceptors (Lipinski definition) is 5. The highest BCUT2D eigenvalue weighted by molar-refractivity contribution is 6.37. The van der Waals surface area contributed by atoms with Crippen LogP contribution in [0.15, 0.2) is 41.2 Å². The molecule has 0 amide bonds. The van der Waals surface area contributed by atoms with Crippen molar-refractivity contribution in [2.45, 2.75) is 6.42 Å². The lowest BCUT2D eigenvalue weighted by molar-refractivity contribution is -0.136. The van der Waals surface area contributed by atoms with Gasteiger partial charge in [-0.15, -0.1) is 5.10 Å². The maximum Gasteiger partial charge on any atom is 0.305 e. The lowest BCUT2D eigenvalue weighted by Gasteiger charge is -2.12. The van der Waals surface area contributed by atoms with Gasteiger partial charge in [0.2, 0.25) is 5.88 Å². The second-order valence-electron chi connectivity index (χ2n) is 5.35. The first-order valence-electron chi connectivity index (χ1n) is 7.55.